The van der Waals surface area contributed by atoms with Gasteiger partial charge in [-0.15, -0.1) is 0 Å². The molecule has 0 aliphatic carbocycles. The zero-order valence-corrected chi connectivity index (χ0v) is 9.71. The number of hydrogen-bond donors (Lipinski definition) is 2. The predicted molar refractivity (Wildman–Crippen MR) is 65.2 cm³/mol. The lowest BCUT2D eigenvalue weighted by Gasteiger charge is -2.21. The highest BCUT2D eigenvalue weighted by Gasteiger charge is 2.16. The third-order valence-electron chi connectivity index (χ3n) is 3.04. The Morgan fingerprint density at radius 2 is 2.18 bits per heavy atom. The Morgan fingerprint density at radius 3 is 2.88 bits per heavy atom. The fourth-order valence-electron chi connectivity index (χ4n) is 2.13. The van der Waals surface area contributed by atoms with Crippen molar-refractivity contribution in [3.05, 3.63) is 30.1 Å². The molecule has 3 nitrogen and oxygen atoms in total. The van der Waals surface area contributed by atoms with Crippen LogP contribution >= 0.6 is 0 Å². The normalized spacial score (nSPS) is 16.8. The highest BCUT2D eigenvalue weighted by atomic mass is 19.1. The smallest absolute Gasteiger partial charge is 0.224 e. The maximum Gasteiger partial charge on any atom is 0.224 e. The molecule has 1 saturated heterocycles. The van der Waals surface area contributed by atoms with Crippen molar-refractivity contribution in [3.8, 4) is 0 Å². The van der Waals surface area contributed by atoms with Crippen molar-refractivity contribution < 1.29 is 9.18 Å². The van der Waals surface area contributed by atoms with Crippen LogP contribution in [-0.2, 0) is 4.79 Å². The number of carbonyl (C=O) groups excluding carboxylic acids is 1. The van der Waals surface area contributed by atoms with Crippen LogP contribution in [0, 0.1) is 11.7 Å². The van der Waals surface area contributed by atoms with Crippen LogP contribution in [0.3, 0.4) is 0 Å². The molecule has 4 heteroatoms. The fourth-order valence-corrected chi connectivity index (χ4v) is 2.13. The minimum Gasteiger partial charge on any atom is -0.326 e. The maximum absolute atomic E-state index is 12.9. The van der Waals surface area contributed by atoms with Crippen molar-refractivity contribution in [1.29, 1.82) is 0 Å². The Labute approximate surface area is 100 Å². The molecule has 2 N–H and O–H groups in total. The number of nitrogens with one attached hydrogen (secondary N) is 2. The zero-order valence-electron chi connectivity index (χ0n) is 9.71. The number of benzene rings is 1. The molecule has 1 aliphatic rings. The molecule has 0 radical (unpaired) electrons. The third kappa shape index (κ3) is 3.82. The van der Waals surface area contributed by atoms with Crippen LogP contribution in [0.4, 0.5) is 10.1 Å². The second-order valence-corrected chi connectivity index (χ2v) is 4.46. The summed E-state index contributed by atoms with van der Waals surface area (Å²) in [5, 5.41) is 5.99. The van der Waals surface area contributed by atoms with Crippen LogP contribution in [0.1, 0.15) is 19.3 Å². The lowest BCUT2D eigenvalue weighted by molar-refractivity contribution is -0.117. The van der Waals surface area contributed by atoms with E-state index in [1.165, 1.54) is 12.1 Å². The first-order chi connectivity index (χ1) is 8.24. The molecular formula is C13H17FN2O. The summed E-state index contributed by atoms with van der Waals surface area (Å²) in [6.45, 7) is 1.97. The van der Waals surface area contributed by atoms with Gasteiger partial charge in [0.05, 0.1) is 0 Å². The van der Waals surface area contributed by atoms with Gasteiger partial charge in [0.2, 0.25) is 5.91 Å². The highest BCUT2D eigenvalue weighted by molar-refractivity contribution is 5.90. The largest absolute Gasteiger partial charge is 0.326 e. The van der Waals surface area contributed by atoms with E-state index in [0.717, 1.165) is 25.9 Å². The van der Waals surface area contributed by atoms with E-state index in [0.29, 0.717) is 18.0 Å². The minimum absolute atomic E-state index is 0.0255. The van der Waals surface area contributed by atoms with Crippen LogP contribution in [-0.4, -0.2) is 19.0 Å². The van der Waals surface area contributed by atoms with Crippen molar-refractivity contribution >= 4 is 11.6 Å². The Bertz CT molecular complexity index is 389. The quantitative estimate of drug-likeness (QED) is 0.844. The minimum atomic E-state index is -0.329. The molecule has 0 bridgehead atoms. The van der Waals surface area contributed by atoms with E-state index in [1.807, 2.05) is 0 Å². The molecule has 0 saturated carbocycles. The van der Waals surface area contributed by atoms with Gasteiger partial charge in [0, 0.05) is 12.1 Å². The molecule has 1 aromatic carbocycles. The second-order valence-electron chi connectivity index (χ2n) is 4.46. The van der Waals surface area contributed by atoms with Gasteiger partial charge in [-0.1, -0.05) is 6.07 Å². The van der Waals surface area contributed by atoms with E-state index in [9.17, 15) is 9.18 Å². The predicted octanol–water partition coefficient (Wildman–Crippen LogP) is 2.15. The molecule has 1 fully saturated rings. The summed E-state index contributed by atoms with van der Waals surface area (Å²) in [6, 6.07) is 5.99. The Kier molecular flexibility index (Phi) is 4.09. The lowest BCUT2D eigenvalue weighted by Crippen LogP contribution is -2.30. The van der Waals surface area contributed by atoms with Crippen LogP contribution in [0.5, 0.6) is 0 Å². The molecule has 92 valence electrons. The van der Waals surface area contributed by atoms with Gasteiger partial charge in [-0.2, -0.15) is 0 Å². The van der Waals surface area contributed by atoms with Crippen molar-refractivity contribution in [2.75, 3.05) is 18.4 Å². The Hall–Kier alpha value is -1.42. The summed E-state index contributed by atoms with van der Waals surface area (Å²) < 4.78 is 12.9. The third-order valence-corrected chi connectivity index (χ3v) is 3.04. The number of amides is 1. The summed E-state index contributed by atoms with van der Waals surface area (Å²) in [5.74, 6) is 0.0944. The number of rotatable bonds is 3. The maximum atomic E-state index is 12.9. The number of piperidine rings is 1. The van der Waals surface area contributed by atoms with Gasteiger partial charge in [0.25, 0.3) is 0 Å². The monoisotopic (exact) mass is 236 g/mol. The molecule has 1 heterocycles. The summed E-state index contributed by atoms with van der Waals surface area (Å²) in [6.07, 6.45) is 2.60. The van der Waals surface area contributed by atoms with Gasteiger partial charge in [0.15, 0.2) is 0 Å². The van der Waals surface area contributed by atoms with Crippen LogP contribution < -0.4 is 10.6 Å². The fraction of sp³-hybridized carbons (Fsp3) is 0.462. The molecule has 1 amide bonds. The van der Waals surface area contributed by atoms with E-state index < -0.39 is 0 Å². The van der Waals surface area contributed by atoms with Crippen LogP contribution in [0.15, 0.2) is 24.3 Å². The van der Waals surface area contributed by atoms with Gasteiger partial charge in [-0.05, 0) is 50.0 Å². The van der Waals surface area contributed by atoms with Crippen LogP contribution in [0.2, 0.25) is 0 Å². The average Bonchev–Trinajstić information content (AvgIpc) is 2.30. The Morgan fingerprint density at radius 1 is 1.41 bits per heavy atom. The van der Waals surface area contributed by atoms with E-state index in [-0.39, 0.29) is 11.7 Å². The lowest BCUT2D eigenvalue weighted by atomic mass is 9.94. The van der Waals surface area contributed by atoms with Gasteiger partial charge in [-0.3, -0.25) is 4.79 Å². The van der Waals surface area contributed by atoms with E-state index in [2.05, 4.69) is 10.6 Å². The molecule has 1 aromatic rings. The van der Waals surface area contributed by atoms with Gasteiger partial charge in [0.1, 0.15) is 5.82 Å². The summed E-state index contributed by atoms with van der Waals surface area (Å²) in [4.78, 5) is 11.7. The topological polar surface area (TPSA) is 41.1 Å². The van der Waals surface area contributed by atoms with Crippen molar-refractivity contribution in [2.45, 2.75) is 19.3 Å². The molecule has 0 aromatic heterocycles. The second kappa shape index (κ2) is 5.77. The van der Waals surface area contributed by atoms with Crippen LogP contribution in [0.25, 0.3) is 0 Å². The molecular weight excluding hydrogens is 219 g/mol. The first-order valence-corrected chi connectivity index (χ1v) is 6.00. The summed E-state index contributed by atoms with van der Waals surface area (Å²) >= 11 is 0. The van der Waals surface area contributed by atoms with Gasteiger partial charge in [-0.25, -0.2) is 4.39 Å². The number of hydrogen-bond acceptors (Lipinski definition) is 2. The van der Waals surface area contributed by atoms with Gasteiger partial charge >= 0.3 is 0 Å². The number of carbonyl (C=O) groups is 1. The Balaban J connectivity index is 1.84. The molecule has 0 atom stereocenters. The number of halogens is 1. The summed E-state index contributed by atoms with van der Waals surface area (Å²) in [5.41, 5.74) is 0.531. The first-order valence-electron chi connectivity index (χ1n) is 6.00. The standard InChI is InChI=1S/C13H17FN2O/c14-11-2-1-3-12(9-11)16-13(17)8-10-4-6-15-7-5-10/h1-3,9-10,15H,4-8H2,(H,16,17). The molecule has 17 heavy (non-hydrogen) atoms. The molecule has 0 spiro atoms. The van der Waals surface area contributed by atoms with Crippen molar-refractivity contribution in [3.63, 3.8) is 0 Å². The SMILES string of the molecule is O=C(CC1CCNCC1)Nc1cccc(F)c1. The number of anilines is 1. The van der Waals surface area contributed by atoms with Crippen molar-refractivity contribution in [2.24, 2.45) is 5.92 Å². The highest BCUT2D eigenvalue weighted by Crippen LogP contribution is 2.17. The average molecular weight is 236 g/mol. The molecule has 0 unspecified atom stereocenters. The summed E-state index contributed by atoms with van der Waals surface area (Å²) in [7, 11) is 0. The van der Waals surface area contributed by atoms with Gasteiger partial charge < -0.3 is 10.6 Å². The van der Waals surface area contributed by atoms with E-state index >= 15 is 0 Å². The zero-order chi connectivity index (χ0) is 12.1. The molecule has 1 aliphatic heterocycles. The van der Waals surface area contributed by atoms with Crippen molar-refractivity contribution in [1.82, 2.24) is 5.32 Å². The van der Waals surface area contributed by atoms with E-state index in [1.54, 1.807) is 12.1 Å². The molecule has 2 rings (SSSR count). The first kappa shape index (κ1) is 12.0. The van der Waals surface area contributed by atoms with E-state index in [4.69, 9.17) is 0 Å².